The van der Waals surface area contributed by atoms with Crippen molar-refractivity contribution in [3.63, 3.8) is 0 Å². The molecule has 1 aliphatic rings. The monoisotopic (exact) mass is 392 g/mol. The van der Waals surface area contributed by atoms with Crippen LogP contribution in [0.25, 0.3) is 0 Å². The maximum Gasteiger partial charge on any atom is 0.191 e. The second-order valence-corrected chi connectivity index (χ2v) is 9.32. The van der Waals surface area contributed by atoms with Gasteiger partial charge in [-0.1, -0.05) is 31.5 Å². The van der Waals surface area contributed by atoms with Crippen LogP contribution < -0.4 is 15.5 Å². The summed E-state index contributed by atoms with van der Waals surface area (Å²) in [6.45, 7) is 7.86. The van der Waals surface area contributed by atoms with Gasteiger partial charge in [0.15, 0.2) is 5.96 Å². The molecule has 1 saturated carbocycles. The largest absolute Gasteiger partial charge is 0.370 e. The molecule has 0 heterocycles. The van der Waals surface area contributed by atoms with Gasteiger partial charge in [0.2, 0.25) is 0 Å². The van der Waals surface area contributed by atoms with E-state index >= 15 is 0 Å². The number of para-hydroxylation sites is 1. The van der Waals surface area contributed by atoms with Gasteiger partial charge >= 0.3 is 0 Å². The Morgan fingerprint density at radius 3 is 2.70 bits per heavy atom. The molecule has 4 atom stereocenters. The lowest BCUT2D eigenvalue weighted by molar-refractivity contribution is 0.413. The number of anilines is 1. The molecule has 0 aliphatic heterocycles. The van der Waals surface area contributed by atoms with E-state index in [1.807, 2.05) is 13.0 Å². The molecule has 1 fully saturated rings. The molecule has 2 rings (SSSR count). The maximum absolute atomic E-state index is 12.2. The summed E-state index contributed by atoms with van der Waals surface area (Å²) in [5.74, 6) is 1.63. The Balaban J connectivity index is 1.94. The lowest BCUT2D eigenvalue weighted by Crippen LogP contribution is -2.47. The van der Waals surface area contributed by atoms with Gasteiger partial charge in [-0.3, -0.25) is 9.20 Å². The highest BCUT2D eigenvalue weighted by Gasteiger charge is 2.26. The first-order valence-electron chi connectivity index (χ1n) is 10.2. The number of likely N-dealkylation sites (N-methyl/N-ethyl adjacent to an activating group) is 1. The average Bonchev–Trinajstić information content (AvgIpc) is 2.71. The molecule has 4 unspecified atom stereocenters. The van der Waals surface area contributed by atoms with Gasteiger partial charge in [-0.2, -0.15) is 0 Å². The van der Waals surface area contributed by atoms with Crippen LogP contribution >= 0.6 is 0 Å². The summed E-state index contributed by atoms with van der Waals surface area (Å²) in [6, 6.07) is 11.1. The summed E-state index contributed by atoms with van der Waals surface area (Å²) in [6.07, 6.45) is 4.33. The third-order valence-electron chi connectivity index (χ3n) is 5.31. The SMILES string of the molecule is CCNC(=NCC(C)N(C)c1ccccc1)NC1CCCC(S(=O)CC)C1. The van der Waals surface area contributed by atoms with Crippen molar-refractivity contribution in [3.8, 4) is 0 Å². The van der Waals surface area contributed by atoms with E-state index in [4.69, 9.17) is 4.99 Å². The van der Waals surface area contributed by atoms with Crippen molar-refractivity contribution >= 4 is 22.4 Å². The van der Waals surface area contributed by atoms with Crippen molar-refractivity contribution in [2.45, 2.75) is 63.8 Å². The first-order valence-corrected chi connectivity index (χ1v) is 11.6. The Labute approximate surface area is 167 Å². The summed E-state index contributed by atoms with van der Waals surface area (Å²) < 4.78 is 12.2. The molecule has 1 aromatic carbocycles. The van der Waals surface area contributed by atoms with Crippen LogP contribution in [0.4, 0.5) is 5.69 Å². The van der Waals surface area contributed by atoms with E-state index in [0.29, 0.717) is 17.3 Å². The number of aliphatic imine (C=N–C) groups is 1. The molecule has 27 heavy (non-hydrogen) atoms. The van der Waals surface area contributed by atoms with Crippen LogP contribution in [-0.2, 0) is 10.8 Å². The highest BCUT2D eigenvalue weighted by atomic mass is 32.2. The number of guanidine groups is 1. The number of benzene rings is 1. The molecule has 1 aliphatic carbocycles. The molecule has 1 aromatic rings. The molecule has 0 spiro atoms. The first kappa shape index (κ1) is 21.7. The zero-order valence-electron chi connectivity index (χ0n) is 17.3. The van der Waals surface area contributed by atoms with E-state index in [1.54, 1.807) is 0 Å². The van der Waals surface area contributed by atoms with Crippen LogP contribution in [-0.4, -0.2) is 53.4 Å². The Morgan fingerprint density at radius 2 is 2.04 bits per heavy atom. The molecule has 5 nitrogen and oxygen atoms in total. The predicted molar refractivity (Wildman–Crippen MR) is 118 cm³/mol. The van der Waals surface area contributed by atoms with Crippen molar-refractivity contribution in [3.05, 3.63) is 30.3 Å². The molecule has 0 amide bonds. The van der Waals surface area contributed by atoms with Crippen LogP contribution in [0.5, 0.6) is 0 Å². The summed E-state index contributed by atoms with van der Waals surface area (Å²) >= 11 is 0. The fourth-order valence-corrected chi connectivity index (χ4v) is 4.88. The third-order valence-corrected chi connectivity index (χ3v) is 7.05. The minimum Gasteiger partial charge on any atom is -0.370 e. The predicted octanol–water partition coefficient (Wildman–Crippen LogP) is 3.15. The number of nitrogens with zero attached hydrogens (tertiary/aromatic N) is 2. The number of hydrogen-bond acceptors (Lipinski definition) is 3. The van der Waals surface area contributed by atoms with Crippen molar-refractivity contribution in [1.82, 2.24) is 10.6 Å². The molecule has 0 bridgehead atoms. The lowest BCUT2D eigenvalue weighted by atomic mass is 9.95. The smallest absolute Gasteiger partial charge is 0.191 e. The second-order valence-electron chi connectivity index (χ2n) is 7.31. The zero-order valence-corrected chi connectivity index (χ0v) is 18.1. The van der Waals surface area contributed by atoms with E-state index in [2.05, 4.69) is 60.7 Å². The Hall–Kier alpha value is -1.56. The maximum atomic E-state index is 12.2. The highest BCUT2D eigenvalue weighted by Crippen LogP contribution is 2.23. The average molecular weight is 393 g/mol. The minimum atomic E-state index is -0.698. The van der Waals surface area contributed by atoms with E-state index in [-0.39, 0.29) is 0 Å². The van der Waals surface area contributed by atoms with Gasteiger partial charge in [0, 0.05) is 53.2 Å². The molecule has 0 saturated heterocycles. The third kappa shape index (κ3) is 6.83. The molecule has 2 N–H and O–H groups in total. The second kappa shape index (κ2) is 11.3. The van der Waals surface area contributed by atoms with Crippen LogP contribution in [0.1, 0.15) is 46.5 Å². The molecule has 0 aromatic heterocycles. The van der Waals surface area contributed by atoms with E-state index in [0.717, 1.165) is 50.5 Å². The van der Waals surface area contributed by atoms with Crippen LogP contribution in [0.3, 0.4) is 0 Å². The van der Waals surface area contributed by atoms with Crippen LogP contribution in [0.15, 0.2) is 35.3 Å². The topological polar surface area (TPSA) is 56.7 Å². The first-order chi connectivity index (χ1) is 13.0. The Bertz CT molecular complexity index is 607. The summed E-state index contributed by atoms with van der Waals surface area (Å²) in [7, 11) is 1.41. The van der Waals surface area contributed by atoms with Crippen molar-refractivity contribution in [2.75, 3.05) is 30.8 Å². The van der Waals surface area contributed by atoms with Gasteiger partial charge in [0.05, 0.1) is 6.54 Å². The van der Waals surface area contributed by atoms with Crippen molar-refractivity contribution < 1.29 is 4.21 Å². The van der Waals surface area contributed by atoms with E-state index < -0.39 is 10.8 Å². The van der Waals surface area contributed by atoms with E-state index in [9.17, 15) is 4.21 Å². The Kier molecular flexibility index (Phi) is 9.11. The quantitative estimate of drug-likeness (QED) is 0.527. The van der Waals surface area contributed by atoms with Gasteiger partial charge in [-0.05, 0) is 45.2 Å². The number of hydrogen-bond donors (Lipinski definition) is 2. The van der Waals surface area contributed by atoms with Crippen LogP contribution in [0.2, 0.25) is 0 Å². The summed E-state index contributed by atoms with van der Waals surface area (Å²) in [5, 5.41) is 7.28. The summed E-state index contributed by atoms with van der Waals surface area (Å²) in [5.41, 5.74) is 1.20. The molecular weight excluding hydrogens is 356 g/mol. The van der Waals surface area contributed by atoms with Crippen molar-refractivity contribution in [1.29, 1.82) is 0 Å². The van der Waals surface area contributed by atoms with Gasteiger partial charge in [0.25, 0.3) is 0 Å². The molecule has 0 radical (unpaired) electrons. The van der Waals surface area contributed by atoms with Crippen LogP contribution in [0, 0.1) is 0 Å². The highest BCUT2D eigenvalue weighted by molar-refractivity contribution is 7.85. The summed E-state index contributed by atoms with van der Waals surface area (Å²) in [4.78, 5) is 7.08. The van der Waals surface area contributed by atoms with Gasteiger partial charge in [-0.25, -0.2) is 0 Å². The van der Waals surface area contributed by atoms with Gasteiger partial charge in [-0.15, -0.1) is 0 Å². The zero-order chi connectivity index (χ0) is 19.6. The van der Waals surface area contributed by atoms with Gasteiger partial charge < -0.3 is 15.5 Å². The van der Waals surface area contributed by atoms with Crippen molar-refractivity contribution in [2.24, 2.45) is 4.99 Å². The lowest BCUT2D eigenvalue weighted by Gasteiger charge is -2.30. The standard InChI is InChI=1S/C21H36N4OS/c1-5-22-21(24-18-11-10-14-20(15-18)27(26)6-2)23-16-17(3)25(4)19-12-8-7-9-13-19/h7-9,12-13,17-18,20H,5-6,10-11,14-16H2,1-4H3,(H2,22,23,24). The molecule has 152 valence electrons. The number of nitrogens with one attached hydrogen (secondary N) is 2. The molecule has 6 heteroatoms. The number of rotatable bonds is 8. The molecular formula is C21H36N4OS. The minimum absolute atomic E-state index is 0.301. The fraction of sp³-hybridized carbons (Fsp3) is 0.667. The van der Waals surface area contributed by atoms with Gasteiger partial charge in [0.1, 0.15) is 0 Å². The fourth-order valence-electron chi connectivity index (χ4n) is 3.53. The van der Waals surface area contributed by atoms with E-state index in [1.165, 1.54) is 5.69 Å². The Morgan fingerprint density at radius 1 is 1.30 bits per heavy atom. The normalized spacial score (nSPS) is 22.7.